The first-order valence-corrected chi connectivity index (χ1v) is 8.25. The predicted octanol–water partition coefficient (Wildman–Crippen LogP) is 3.57. The van der Waals surface area contributed by atoms with E-state index in [-0.39, 0.29) is 0 Å². The van der Waals surface area contributed by atoms with Gasteiger partial charge in [-0.25, -0.2) is 0 Å². The number of thiophene rings is 1. The lowest BCUT2D eigenvalue weighted by atomic mass is 10.1. The number of fused-ring (bicyclic) bond motifs is 1. The highest BCUT2D eigenvalue weighted by molar-refractivity contribution is 7.15. The molecule has 1 unspecified atom stereocenters. The molecular weight excluding hydrogens is 272 g/mol. The summed E-state index contributed by atoms with van der Waals surface area (Å²) in [5.41, 5.74) is 1.49. The molecule has 1 aliphatic carbocycles. The van der Waals surface area contributed by atoms with Crippen LogP contribution in [0.5, 0.6) is 0 Å². The summed E-state index contributed by atoms with van der Waals surface area (Å²) < 4.78 is 10.9. The van der Waals surface area contributed by atoms with Crippen LogP contribution in [0.15, 0.2) is 10.6 Å². The van der Waals surface area contributed by atoms with Crippen molar-refractivity contribution in [3.8, 4) is 10.8 Å². The molecule has 1 aliphatic heterocycles. The van der Waals surface area contributed by atoms with Gasteiger partial charge in [0.15, 0.2) is 5.82 Å². The van der Waals surface area contributed by atoms with E-state index in [1.165, 1.54) is 42.5 Å². The van der Waals surface area contributed by atoms with Gasteiger partial charge in [-0.05, 0) is 43.7 Å². The number of aromatic nitrogens is 2. The van der Waals surface area contributed by atoms with Crippen LogP contribution in [0.4, 0.5) is 0 Å². The van der Waals surface area contributed by atoms with Crippen molar-refractivity contribution < 1.29 is 9.26 Å². The van der Waals surface area contributed by atoms with E-state index in [1.807, 2.05) is 11.3 Å². The number of hydrogen-bond acceptors (Lipinski definition) is 5. The van der Waals surface area contributed by atoms with E-state index < -0.39 is 0 Å². The van der Waals surface area contributed by atoms with Gasteiger partial charge in [0.05, 0.1) is 11.5 Å². The zero-order valence-electron chi connectivity index (χ0n) is 11.4. The van der Waals surface area contributed by atoms with Crippen molar-refractivity contribution >= 4 is 11.3 Å². The van der Waals surface area contributed by atoms with Crippen LogP contribution >= 0.6 is 11.3 Å². The fourth-order valence-electron chi connectivity index (χ4n) is 3.01. The van der Waals surface area contributed by atoms with Gasteiger partial charge in [0.2, 0.25) is 0 Å². The van der Waals surface area contributed by atoms with Gasteiger partial charge in [0.1, 0.15) is 0 Å². The Labute approximate surface area is 122 Å². The number of aryl methyl sites for hydroxylation is 2. The molecule has 0 N–H and O–H groups in total. The number of ether oxygens (including phenoxy) is 1. The lowest BCUT2D eigenvalue weighted by molar-refractivity contribution is 0.192. The summed E-state index contributed by atoms with van der Waals surface area (Å²) in [5.74, 6) is 1.80. The lowest BCUT2D eigenvalue weighted by Crippen LogP contribution is -1.99. The average molecular weight is 290 g/mol. The van der Waals surface area contributed by atoms with Crippen LogP contribution in [0.1, 0.15) is 47.9 Å². The molecule has 0 aromatic carbocycles. The third-order valence-electron chi connectivity index (χ3n) is 4.19. The van der Waals surface area contributed by atoms with Crippen molar-refractivity contribution in [2.45, 2.75) is 44.4 Å². The molecule has 4 nitrogen and oxygen atoms in total. The zero-order chi connectivity index (χ0) is 13.4. The summed E-state index contributed by atoms with van der Waals surface area (Å²) in [6.07, 6.45) is 7.36. The van der Waals surface area contributed by atoms with Gasteiger partial charge >= 0.3 is 0 Å². The van der Waals surface area contributed by atoms with E-state index in [0.717, 1.165) is 30.3 Å². The van der Waals surface area contributed by atoms with E-state index in [9.17, 15) is 0 Å². The van der Waals surface area contributed by atoms with Crippen LogP contribution in [0.2, 0.25) is 0 Å². The van der Waals surface area contributed by atoms with Crippen molar-refractivity contribution in [1.82, 2.24) is 10.1 Å². The molecule has 0 amide bonds. The fourth-order valence-corrected chi connectivity index (χ4v) is 4.19. The van der Waals surface area contributed by atoms with Gasteiger partial charge in [-0.15, -0.1) is 11.3 Å². The van der Waals surface area contributed by atoms with Crippen molar-refractivity contribution in [3.05, 3.63) is 22.3 Å². The Hall–Kier alpha value is -1.20. The maximum atomic E-state index is 5.47. The van der Waals surface area contributed by atoms with E-state index in [2.05, 4.69) is 16.2 Å². The average Bonchev–Trinajstić information content (AvgIpc) is 3.16. The summed E-state index contributed by atoms with van der Waals surface area (Å²) in [5, 5.41) is 4.14. The highest BCUT2D eigenvalue weighted by Gasteiger charge is 2.24. The standard InChI is InChI=1S/C15H18N2O2S/c1-2-4-10-8-13(20-12(10)5-3-1)15-16-14(17-19-15)11-6-7-18-9-11/h8,11H,1-7,9H2. The summed E-state index contributed by atoms with van der Waals surface area (Å²) >= 11 is 1.83. The minimum atomic E-state index is 0.310. The van der Waals surface area contributed by atoms with Gasteiger partial charge in [-0.3, -0.25) is 0 Å². The Morgan fingerprint density at radius 1 is 1.20 bits per heavy atom. The molecule has 5 heteroatoms. The summed E-state index contributed by atoms with van der Waals surface area (Å²) in [7, 11) is 0. The molecule has 0 spiro atoms. The second-order valence-electron chi connectivity index (χ2n) is 5.64. The SMILES string of the molecule is c1c(-c2nc(C3CCOC3)no2)sc2c1CCCCC2. The summed E-state index contributed by atoms with van der Waals surface area (Å²) in [6.45, 7) is 1.53. The molecule has 4 rings (SSSR count). The Balaban J connectivity index is 1.61. The van der Waals surface area contributed by atoms with Gasteiger partial charge in [0, 0.05) is 17.4 Å². The molecule has 3 heterocycles. The monoisotopic (exact) mass is 290 g/mol. The van der Waals surface area contributed by atoms with Gasteiger partial charge < -0.3 is 9.26 Å². The van der Waals surface area contributed by atoms with E-state index in [0.29, 0.717) is 11.8 Å². The minimum absolute atomic E-state index is 0.310. The summed E-state index contributed by atoms with van der Waals surface area (Å²) in [6, 6.07) is 2.26. The lowest BCUT2D eigenvalue weighted by Gasteiger charge is -1.97. The van der Waals surface area contributed by atoms with E-state index >= 15 is 0 Å². The molecule has 2 aromatic heterocycles. The van der Waals surface area contributed by atoms with E-state index in [1.54, 1.807) is 0 Å². The van der Waals surface area contributed by atoms with Crippen LogP contribution in [-0.4, -0.2) is 23.4 Å². The fraction of sp³-hybridized carbons (Fsp3) is 0.600. The first-order valence-electron chi connectivity index (χ1n) is 7.43. The molecule has 2 aliphatic rings. The van der Waals surface area contributed by atoms with Crippen molar-refractivity contribution in [3.63, 3.8) is 0 Å². The summed E-state index contributed by atoms with van der Waals surface area (Å²) in [4.78, 5) is 7.23. The topological polar surface area (TPSA) is 48.2 Å². The molecule has 1 saturated heterocycles. The molecular formula is C15H18N2O2S. The Bertz CT molecular complexity index is 575. The molecule has 0 radical (unpaired) electrons. The quantitative estimate of drug-likeness (QED) is 0.793. The first kappa shape index (κ1) is 12.5. The van der Waals surface area contributed by atoms with Crippen LogP contribution in [-0.2, 0) is 17.6 Å². The van der Waals surface area contributed by atoms with Crippen LogP contribution in [0.25, 0.3) is 10.8 Å². The van der Waals surface area contributed by atoms with Crippen LogP contribution in [0, 0.1) is 0 Å². The molecule has 0 saturated carbocycles. The first-order chi connectivity index (χ1) is 9.90. The molecule has 1 atom stereocenters. The van der Waals surface area contributed by atoms with E-state index in [4.69, 9.17) is 9.26 Å². The largest absolute Gasteiger partial charge is 0.381 e. The van der Waals surface area contributed by atoms with Gasteiger partial charge in [0.25, 0.3) is 5.89 Å². The van der Waals surface area contributed by atoms with Crippen LogP contribution < -0.4 is 0 Å². The second-order valence-corrected chi connectivity index (χ2v) is 6.77. The molecule has 0 bridgehead atoms. The maximum Gasteiger partial charge on any atom is 0.268 e. The Morgan fingerprint density at radius 2 is 2.15 bits per heavy atom. The molecule has 106 valence electrons. The smallest absolute Gasteiger partial charge is 0.268 e. The van der Waals surface area contributed by atoms with Gasteiger partial charge in [-0.2, -0.15) is 4.98 Å². The third-order valence-corrected chi connectivity index (χ3v) is 5.42. The van der Waals surface area contributed by atoms with Gasteiger partial charge in [-0.1, -0.05) is 11.6 Å². The zero-order valence-corrected chi connectivity index (χ0v) is 12.2. The number of hydrogen-bond donors (Lipinski definition) is 0. The molecule has 20 heavy (non-hydrogen) atoms. The van der Waals surface area contributed by atoms with Crippen LogP contribution in [0.3, 0.4) is 0 Å². The number of rotatable bonds is 2. The molecule has 1 fully saturated rings. The Kier molecular flexibility index (Phi) is 3.32. The highest BCUT2D eigenvalue weighted by atomic mass is 32.1. The second kappa shape index (κ2) is 5.30. The minimum Gasteiger partial charge on any atom is -0.381 e. The molecule has 2 aromatic rings. The normalized spacial score (nSPS) is 22.7. The highest BCUT2D eigenvalue weighted by Crippen LogP contribution is 2.35. The van der Waals surface area contributed by atoms with Crippen molar-refractivity contribution in [1.29, 1.82) is 0 Å². The number of nitrogens with zero attached hydrogens (tertiary/aromatic N) is 2. The van der Waals surface area contributed by atoms with Crippen molar-refractivity contribution in [2.75, 3.05) is 13.2 Å². The van der Waals surface area contributed by atoms with Crippen molar-refractivity contribution in [2.24, 2.45) is 0 Å². The maximum absolute atomic E-state index is 5.47. The Morgan fingerprint density at radius 3 is 3.05 bits per heavy atom. The predicted molar refractivity (Wildman–Crippen MR) is 77.0 cm³/mol. The third kappa shape index (κ3) is 2.29.